The van der Waals surface area contributed by atoms with E-state index in [1.54, 1.807) is 24.3 Å². The van der Waals surface area contributed by atoms with Gasteiger partial charge in [0.1, 0.15) is 5.82 Å². The summed E-state index contributed by atoms with van der Waals surface area (Å²) in [5.41, 5.74) is 2.20. The molecule has 2 nitrogen and oxygen atoms in total. The number of halogens is 2. The largest absolute Gasteiger partial charge is 0.378 e. The summed E-state index contributed by atoms with van der Waals surface area (Å²) in [6.45, 7) is 1.92. The van der Waals surface area contributed by atoms with Crippen LogP contribution in [0.4, 0.5) is 10.1 Å². The van der Waals surface area contributed by atoms with Crippen LogP contribution in [0.25, 0.3) is 0 Å². The van der Waals surface area contributed by atoms with E-state index in [-0.39, 0.29) is 11.1 Å². The summed E-state index contributed by atoms with van der Waals surface area (Å²) in [5, 5.41) is 12.2. The van der Waals surface area contributed by atoms with Crippen molar-refractivity contribution < 1.29 is 4.39 Å². The van der Waals surface area contributed by atoms with Crippen molar-refractivity contribution in [1.82, 2.24) is 0 Å². The van der Waals surface area contributed by atoms with E-state index < -0.39 is 5.82 Å². The van der Waals surface area contributed by atoms with Gasteiger partial charge in [0, 0.05) is 11.7 Å². The van der Waals surface area contributed by atoms with Gasteiger partial charge in [-0.15, -0.1) is 0 Å². The van der Waals surface area contributed by atoms with Crippen LogP contribution in [0.2, 0.25) is 5.02 Å². The maximum absolute atomic E-state index is 13.4. The molecule has 0 heterocycles. The van der Waals surface area contributed by atoms with Crippen LogP contribution < -0.4 is 5.32 Å². The SMILES string of the molecule is CC(Nc1cccc(C#N)c1)c1ccc(Cl)c(F)c1. The zero-order chi connectivity index (χ0) is 13.8. The van der Waals surface area contributed by atoms with Crippen LogP contribution in [-0.2, 0) is 0 Å². The molecule has 1 atom stereocenters. The third-order valence-electron chi connectivity index (χ3n) is 2.82. The minimum absolute atomic E-state index is 0.0827. The Bertz CT molecular complexity index is 634. The lowest BCUT2D eigenvalue weighted by Crippen LogP contribution is -2.07. The maximum Gasteiger partial charge on any atom is 0.142 e. The summed E-state index contributed by atoms with van der Waals surface area (Å²) in [6, 6.07) is 13.9. The number of benzene rings is 2. The third kappa shape index (κ3) is 3.24. The van der Waals surface area contributed by atoms with Gasteiger partial charge in [-0.1, -0.05) is 23.7 Å². The zero-order valence-electron chi connectivity index (χ0n) is 10.3. The van der Waals surface area contributed by atoms with Gasteiger partial charge in [0.05, 0.1) is 16.7 Å². The first-order valence-electron chi connectivity index (χ1n) is 5.82. The molecule has 0 bridgehead atoms. The number of rotatable bonds is 3. The second kappa shape index (κ2) is 5.73. The monoisotopic (exact) mass is 274 g/mol. The molecule has 1 N–H and O–H groups in total. The number of hydrogen-bond donors (Lipinski definition) is 1. The lowest BCUT2D eigenvalue weighted by atomic mass is 10.1. The standard InChI is InChI=1S/C15H12ClFN2/c1-10(12-5-6-14(16)15(17)8-12)19-13-4-2-3-11(7-13)9-18/h2-8,10,19H,1H3. The van der Waals surface area contributed by atoms with Gasteiger partial charge in [-0.2, -0.15) is 5.26 Å². The molecule has 0 aliphatic rings. The molecular weight excluding hydrogens is 263 g/mol. The average Bonchev–Trinajstić information content (AvgIpc) is 2.42. The third-order valence-corrected chi connectivity index (χ3v) is 3.13. The molecule has 0 saturated carbocycles. The normalized spacial score (nSPS) is 11.7. The van der Waals surface area contributed by atoms with Crippen LogP contribution >= 0.6 is 11.6 Å². The number of hydrogen-bond acceptors (Lipinski definition) is 2. The van der Waals surface area contributed by atoms with Gasteiger partial charge < -0.3 is 5.32 Å². The van der Waals surface area contributed by atoms with Crippen molar-refractivity contribution in [3.05, 3.63) is 64.4 Å². The fourth-order valence-corrected chi connectivity index (χ4v) is 1.91. The van der Waals surface area contributed by atoms with Crippen molar-refractivity contribution in [2.24, 2.45) is 0 Å². The van der Waals surface area contributed by atoms with Crippen molar-refractivity contribution in [3.8, 4) is 6.07 Å². The van der Waals surface area contributed by atoms with E-state index in [9.17, 15) is 4.39 Å². The second-order valence-corrected chi connectivity index (χ2v) is 4.64. The molecule has 0 radical (unpaired) electrons. The van der Waals surface area contributed by atoms with E-state index in [0.29, 0.717) is 5.56 Å². The van der Waals surface area contributed by atoms with E-state index in [1.165, 1.54) is 12.1 Å². The minimum Gasteiger partial charge on any atom is -0.378 e. The average molecular weight is 275 g/mol. The fourth-order valence-electron chi connectivity index (χ4n) is 1.79. The Morgan fingerprint density at radius 1 is 1.26 bits per heavy atom. The van der Waals surface area contributed by atoms with Gasteiger partial charge >= 0.3 is 0 Å². The zero-order valence-corrected chi connectivity index (χ0v) is 11.1. The van der Waals surface area contributed by atoms with Crippen molar-refractivity contribution in [2.75, 3.05) is 5.32 Å². The van der Waals surface area contributed by atoms with Crippen LogP contribution in [0.1, 0.15) is 24.1 Å². The van der Waals surface area contributed by atoms with Crippen molar-refractivity contribution >= 4 is 17.3 Å². The molecule has 0 amide bonds. The molecule has 2 aromatic rings. The highest BCUT2D eigenvalue weighted by molar-refractivity contribution is 6.30. The smallest absolute Gasteiger partial charge is 0.142 e. The van der Waals surface area contributed by atoms with E-state index in [4.69, 9.17) is 16.9 Å². The highest BCUT2D eigenvalue weighted by Crippen LogP contribution is 2.23. The summed E-state index contributed by atoms with van der Waals surface area (Å²) >= 11 is 5.65. The van der Waals surface area contributed by atoms with Gasteiger partial charge in [0.2, 0.25) is 0 Å². The van der Waals surface area contributed by atoms with Crippen molar-refractivity contribution in [3.63, 3.8) is 0 Å². The highest BCUT2D eigenvalue weighted by Gasteiger charge is 2.08. The molecule has 1 unspecified atom stereocenters. The Morgan fingerprint density at radius 2 is 2.05 bits per heavy atom. The summed E-state index contributed by atoms with van der Waals surface area (Å²) in [7, 11) is 0. The summed E-state index contributed by atoms with van der Waals surface area (Å²) in [5.74, 6) is -0.432. The second-order valence-electron chi connectivity index (χ2n) is 4.23. The Balaban J connectivity index is 2.18. The predicted octanol–water partition coefficient (Wildman–Crippen LogP) is 4.52. The Hall–Kier alpha value is -2.05. The van der Waals surface area contributed by atoms with E-state index in [2.05, 4.69) is 11.4 Å². The highest BCUT2D eigenvalue weighted by atomic mass is 35.5. The van der Waals surface area contributed by atoms with Crippen LogP contribution in [0.15, 0.2) is 42.5 Å². The van der Waals surface area contributed by atoms with Crippen LogP contribution in [0, 0.1) is 17.1 Å². The molecule has 96 valence electrons. The molecule has 0 aliphatic heterocycles. The quantitative estimate of drug-likeness (QED) is 0.893. The Kier molecular flexibility index (Phi) is 4.03. The van der Waals surface area contributed by atoms with Crippen molar-refractivity contribution in [1.29, 1.82) is 5.26 Å². The fraction of sp³-hybridized carbons (Fsp3) is 0.133. The number of nitrogens with zero attached hydrogens (tertiary/aromatic N) is 1. The molecule has 4 heteroatoms. The molecule has 2 rings (SSSR count). The van der Waals surface area contributed by atoms with E-state index in [0.717, 1.165) is 11.3 Å². The number of nitrogens with one attached hydrogen (secondary N) is 1. The first-order valence-corrected chi connectivity index (χ1v) is 6.19. The molecule has 0 spiro atoms. The molecule has 2 aromatic carbocycles. The predicted molar refractivity (Wildman–Crippen MR) is 74.6 cm³/mol. The first kappa shape index (κ1) is 13.4. The number of anilines is 1. The molecule has 0 fully saturated rings. The van der Waals surface area contributed by atoms with Crippen molar-refractivity contribution in [2.45, 2.75) is 13.0 Å². The lowest BCUT2D eigenvalue weighted by Gasteiger charge is -2.16. The van der Waals surface area contributed by atoms with Gasteiger partial charge in [-0.3, -0.25) is 0 Å². The van der Waals surface area contributed by atoms with Gasteiger partial charge in [0.15, 0.2) is 0 Å². The van der Waals surface area contributed by atoms with Gasteiger partial charge in [0.25, 0.3) is 0 Å². The van der Waals surface area contributed by atoms with Gasteiger partial charge in [-0.05, 0) is 42.8 Å². The Labute approximate surface area is 116 Å². The van der Waals surface area contributed by atoms with E-state index >= 15 is 0 Å². The summed E-state index contributed by atoms with van der Waals surface area (Å²) in [4.78, 5) is 0. The minimum atomic E-state index is -0.432. The maximum atomic E-state index is 13.4. The molecule has 19 heavy (non-hydrogen) atoms. The lowest BCUT2D eigenvalue weighted by molar-refractivity contribution is 0.624. The molecule has 0 saturated heterocycles. The topological polar surface area (TPSA) is 35.8 Å². The molecule has 0 aromatic heterocycles. The van der Waals surface area contributed by atoms with Crippen LogP contribution in [-0.4, -0.2) is 0 Å². The molecular formula is C15H12ClFN2. The summed E-state index contributed by atoms with van der Waals surface area (Å²) in [6.07, 6.45) is 0. The van der Waals surface area contributed by atoms with Crippen LogP contribution in [0.5, 0.6) is 0 Å². The van der Waals surface area contributed by atoms with Gasteiger partial charge in [-0.25, -0.2) is 4.39 Å². The van der Waals surface area contributed by atoms with Crippen LogP contribution in [0.3, 0.4) is 0 Å². The molecule has 0 aliphatic carbocycles. The first-order chi connectivity index (χ1) is 9.10. The Morgan fingerprint density at radius 3 is 2.74 bits per heavy atom. The summed E-state index contributed by atoms with van der Waals surface area (Å²) < 4.78 is 13.4. The number of nitriles is 1. The van der Waals surface area contributed by atoms with E-state index in [1.807, 2.05) is 13.0 Å².